The number of nitrogens with one attached hydrogen (secondary N) is 2. The molecule has 29 heavy (non-hydrogen) atoms. The van der Waals surface area contributed by atoms with E-state index in [1.807, 2.05) is 48.5 Å². The minimum absolute atomic E-state index is 0.0370. The number of H-pyrrole nitrogens is 1. The molecule has 2 N–H and O–H groups in total. The van der Waals surface area contributed by atoms with E-state index in [4.69, 9.17) is 4.74 Å². The first kappa shape index (κ1) is 19.3. The minimum atomic E-state index is -0.164. The van der Waals surface area contributed by atoms with Crippen molar-refractivity contribution in [2.75, 3.05) is 13.7 Å². The molecule has 1 fully saturated rings. The summed E-state index contributed by atoms with van der Waals surface area (Å²) in [5, 5.41) is 3.07. The number of amides is 1. The average molecular weight is 393 g/mol. The van der Waals surface area contributed by atoms with Gasteiger partial charge < -0.3 is 15.0 Å². The molecule has 1 aliphatic rings. The Morgan fingerprint density at radius 3 is 2.62 bits per heavy atom. The van der Waals surface area contributed by atoms with E-state index >= 15 is 0 Å². The van der Waals surface area contributed by atoms with Gasteiger partial charge in [-0.3, -0.25) is 9.36 Å². The van der Waals surface area contributed by atoms with Crippen LogP contribution < -0.4 is 15.7 Å². The number of hydrogen-bond acceptors (Lipinski definition) is 3. The molecule has 1 amide bonds. The van der Waals surface area contributed by atoms with E-state index in [0.717, 1.165) is 35.2 Å². The summed E-state index contributed by atoms with van der Waals surface area (Å²) in [6, 6.07) is 15.4. The Balaban J connectivity index is 1.47. The Labute approximate surface area is 169 Å². The molecule has 3 aromatic rings. The monoisotopic (exact) mass is 393 g/mol. The van der Waals surface area contributed by atoms with Crippen molar-refractivity contribution in [2.45, 2.75) is 38.1 Å². The fraction of sp³-hybridized carbons (Fsp3) is 0.391. The summed E-state index contributed by atoms with van der Waals surface area (Å²) in [7, 11) is 1.64. The van der Waals surface area contributed by atoms with Gasteiger partial charge in [-0.15, -0.1) is 0 Å². The van der Waals surface area contributed by atoms with Crippen LogP contribution in [-0.2, 0) is 11.3 Å². The normalized spacial score (nSPS) is 15.5. The van der Waals surface area contributed by atoms with Crippen molar-refractivity contribution in [2.24, 2.45) is 5.92 Å². The van der Waals surface area contributed by atoms with Crippen molar-refractivity contribution in [3.8, 4) is 5.75 Å². The smallest absolute Gasteiger partial charge is 0.326 e. The van der Waals surface area contributed by atoms with Gasteiger partial charge in [-0.05, 0) is 48.6 Å². The van der Waals surface area contributed by atoms with E-state index in [0.29, 0.717) is 19.0 Å². The molecule has 0 radical (unpaired) electrons. The van der Waals surface area contributed by atoms with Gasteiger partial charge in [0.1, 0.15) is 5.75 Å². The van der Waals surface area contributed by atoms with Gasteiger partial charge in [0, 0.05) is 13.1 Å². The maximum absolute atomic E-state index is 13.1. The third kappa shape index (κ3) is 4.06. The van der Waals surface area contributed by atoms with E-state index < -0.39 is 0 Å². The van der Waals surface area contributed by atoms with Crippen molar-refractivity contribution in [3.05, 3.63) is 64.6 Å². The van der Waals surface area contributed by atoms with E-state index in [1.165, 1.54) is 12.8 Å². The molecule has 1 heterocycles. The number of benzene rings is 2. The number of aromatic nitrogens is 2. The summed E-state index contributed by atoms with van der Waals surface area (Å²) >= 11 is 0. The van der Waals surface area contributed by atoms with Crippen LogP contribution in [0.2, 0.25) is 0 Å². The molecule has 6 nitrogen and oxygen atoms in total. The third-order valence-corrected chi connectivity index (χ3v) is 5.94. The van der Waals surface area contributed by atoms with Crippen LogP contribution in [-0.4, -0.2) is 29.1 Å². The topological polar surface area (TPSA) is 76.1 Å². The van der Waals surface area contributed by atoms with Crippen molar-refractivity contribution >= 4 is 16.9 Å². The van der Waals surface area contributed by atoms with E-state index in [9.17, 15) is 9.59 Å². The summed E-state index contributed by atoms with van der Waals surface area (Å²) in [5.41, 5.74) is 2.54. The number of para-hydroxylation sites is 2. The summed E-state index contributed by atoms with van der Waals surface area (Å²) in [5.74, 6) is 1.02. The zero-order valence-corrected chi connectivity index (χ0v) is 16.7. The molecule has 1 atom stereocenters. The first-order valence-electron chi connectivity index (χ1n) is 10.3. The molecule has 1 aromatic heterocycles. The maximum atomic E-state index is 13.1. The van der Waals surface area contributed by atoms with Gasteiger partial charge in [-0.2, -0.15) is 0 Å². The van der Waals surface area contributed by atoms with Gasteiger partial charge in [-0.1, -0.05) is 37.1 Å². The van der Waals surface area contributed by atoms with Gasteiger partial charge in [0.05, 0.1) is 24.1 Å². The number of carbonyl (C=O) groups is 1. The fourth-order valence-corrected chi connectivity index (χ4v) is 4.47. The molecule has 0 bridgehead atoms. The van der Waals surface area contributed by atoms with Crippen molar-refractivity contribution in [3.63, 3.8) is 0 Å². The van der Waals surface area contributed by atoms with Crippen LogP contribution in [0.4, 0.5) is 0 Å². The third-order valence-electron chi connectivity index (χ3n) is 5.94. The number of fused-ring (bicyclic) bond motifs is 1. The number of methoxy groups -OCH3 is 1. The number of ether oxygens (including phenoxy) is 1. The number of hydrogen-bond donors (Lipinski definition) is 2. The predicted molar refractivity (Wildman–Crippen MR) is 113 cm³/mol. The quantitative estimate of drug-likeness (QED) is 0.646. The van der Waals surface area contributed by atoms with Crippen LogP contribution >= 0.6 is 0 Å². The van der Waals surface area contributed by atoms with Gasteiger partial charge in [0.2, 0.25) is 5.91 Å². The maximum Gasteiger partial charge on any atom is 0.326 e. The Morgan fingerprint density at radius 1 is 1.17 bits per heavy atom. The first-order chi connectivity index (χ1) is 14.2. The van der Waals surface area contributed by atoms with Crippen LogP contribution in [0.25, 0.3) is 11.0 Å². The number of aromatic amines is 1. The molecule has 4 rings (SSSR count). The Bertz CT molecular complexity index is 1030. The number of rotatable bonds is 7. The summed E-state index contributed by atoms with van der Waals surface area (Å²) < 4.78 is 6.93. The van der Waals surface area contributed by atoms with E-state index in [2.05, 4.69) is 10.3 Å². The second kappa shape index (κ2) is 8.55. The molecule has 1 unspecified atom stereocenters. The lowest BCUT2D eigenvalue weighted by atomic mass is 9.84. The first-order valence-corrected chi connectivity index (χ1v) is 10.3. The molecule has 152 valence electrons. The Morgan fingerprint density at radius 2 is 1.90 bits per heavy atom. The van der Waals surface area contributed by atoms with Crippen molar-refractivity contribution in [1.29, 1.82) is 0 Å². The lowest BCUT2D eigenvalue weighted by Gasteiger charge is -2.23. The van der Waals surface area contributed by atoms with Crippen LogP contribution in [0.1, 0.15) is 37.2 Å². The zero-order valence-electron chi connectivity index (χ0n) is 16.7. The summed E-state index contributed by atoms with van der Waals surface area (Å²) in [6.07, 6.45) is 4.50. The van der Waals surface area contributed by atoms with Crippen LogP contribution in [0, 0.1) is 5.92 Å². The standard InChI is InChI=1S/C23H27N3O3/c1-29-18-12-10-17(11-13-18)21(16-6-2-3-7-16)22(27)24-14-15-26-20-9-5-4-8-19(20)25-23(26)28/h4-5,8-13,16,21H,2-3,6-7,14-15H2,1H3,(H,24,27)(H,25,28). The van der Waals surface area contributed by atoms with Crippen molar-refractivity contribution in [1.82, 2.24) is 14.9 Å². The highest BCUT2D eigenvalue weighted by Gasteiger charge is 2.31. The van der Waals surface area contributed by atoms with Crippen LogP contribution in [0.15, 0.2) is 53.3 Å². The molecular weight excluding hydrogens is 366 g/mol. The van der Waals surface area contributed by atoms with Gasteiger partial charge in [0.15, 0.2) is 0 Å². The molecule has 1 saturated carbocycles. The van der Waals surface area contributed by atoms with Gasteiger partial charge >= 0.3 is 5.69 Å². The molecule has 2 aromatic carbocycles. The number of carbonyl (C=O) groups excluding carboxylic acids is 1. The lowest BCUT2D eigenvalue weighted by Crippen LogP contribution is -2.36. The molecule has 1 aliphatic carbocycles. The molecular formula is C23H27N3O3. The fourth-order valence-electron chi connectivity index (χ4n) is 4.47. The highest BCUT2D eigenvalue weighted by atomic mass is 16.5. The minimum Gasteiger partial charge on any atom is -0.497 e. The van der Waals surface area contributed by atoms with Crippen LogP contribution in [0.5, 0.6) is 5.75 Å². The number of nitrogens with zero attached hydrogens (tertiary/aromatic N) is 1. The lowest BCUT2D eigenvalue weighted by molar-refractivity contribution is -0.123. The van der Waals surface area contributed by atoms with Crippen LogP contribution in [0.3, 0.4) is 0 Å². The summed E-state index contributed by atoms with van der Waals surface area (Å²) in [6.45, 7) is 0.856. The largest absolute Gasteiger partial charge is 0.497 e. The Kier molecular flexibility index (Phi) is 5.69. The van der Waals surface area contributed by atoms with Gasteiger partial charge in [0.25, 0.3) is 0 Å². The second-order valence-electron chi connectivity index (χ2n) is 7.69. The van der Waals surface area contributed by atoms with E-state index in [1.54, 1.807) is 11.7 Å². The summed E-state index contributed by atoms with van der Waals surface area (Å²) in [4.78, 5) is 28.2. The average Bonchev–Trinajstić information content (AvgIpc) is 3.37. The van der Waals surface area contributed by atoms with Crippen molar-refractivity contribution < 1.29 is 9.53 Å². The Hall–Kier alpha value is -3.02. The highest BCUT2D eigenvalue weighted by molar-refractivity contribution is 5.84. The SMILES string of the molecule is COc1ccc(C(C(=O)NCCn2c(=O)[nH]c3ccccc32)C2CCCC2)cc1. The number of imidazole rings is 1. The van der Waals surface area contributed by atoms with E-state index in [-0.39, 0.29) is 17.5 Å². The van der Waals surface area contributed by atoms with Gasteiger partial charge in [-0.25, -0.2) is 4.79 Å². The predicted octanol–water partition coefficient (Wildman–Crippen LogP) is 3.43. The molecule has 0 spiro atoms. The molecule has 6 heteroatoms. The highest BCUT2D eigenvalue weighted by Crippen LogP contribution is 2.38. The zero-order chi connectivity index (χ0) is 20.2. The second-order valence-corrected chi connectivity index (χ2v) is 7.69. The molecule has 0 saturated heterocycles. The molecule has 0 aliphatic heterocycles.